The molecule has 0 aromatic heterocycles. The van der Waals surface area contributed by atoms with Gasteiger partial charge in [0.15, 0.2) is 0 Å². The summed E-state index contributed by atoms with van der Waals surface area (Å²) in [4.78, 5) is 0. The quantitative estimate of drug-likeness (QED) is 0.492. The van der Waals surface area contributed by atoms with E-state index in [9.17, 15) is 8.42 Å². The van der Waals surface area contributed by atoms with Crippen LogP contribution in [0.1, 0.15) is 13.8 Å². The number of allylic oxidation sites excluding steroid dienone is 3. The second kappa shape index (κ2) is 3.53. The van der Waals surface area contributed by atoms with E-state index < -0.39 is 10.1 Å². The molecule has 0 rings (SSSR count). The summed E-state index contributed by atoms with van der Waals surface area (Å²) >= 11 is 0. The largest absolute Gasteiger partial charge is 0.287 e. The molecule has 0 radical (unpaired) electrons. The highest BCUT2D eigenvalue weighted by Gasteiger charge is 1.96. The van der Waals surface area contributed by atoms with Crippen LogP contribution in [0.3, 0.4) is 0 Å². The van der Waals surface area contributed by atoms with Crippen molar-refractivity contribution < 1.29 is 13.0 Å². The molecule has 0 aliphatic rings. The van der Waals surface area contributed by atoms with Gasteiger partial charge in [0.2, 0.25) is 0 Å². The van der Waals surface area contributed by atoms with Gasteiger partial charge >= 0.3 is 0 Å². The van der Waals surface area contributed by atoms with Crippen molar-refractivity contribution >= 4 is 10.1 Å². The van der Waals surface area contributed by atoms with Gasteiger partial charge in [-0.05, 0) is 19.4 Å². The third-order valence-corrected chi connectivity index (χ3v) is 1.43. The second-order valence-corrected chi connectivity index (χ2v) is 3.14. The van der Waals surface area contributed by atoms with Crippen LogP contribution in [0.4, 0.5) is 0 Å². The zero-order valence-corrected chi connectivity index (χ0v) is 6.72. The zero-order chi connectivity index (χ0) is 8.20. The van der Waals surface area contributed by atoms with Crippen molar-refractivity contribution in [3.8, 4) is 0 Å². The molecule has 0 aliphatic carbocycles. The second-order valence-electron chi connectivity index (χ2n) is 1.88. The first-order valence-corrected chi connectivity index (χ1v) is 4.24. The molecule has 0 amide bonds. The molecule has 0 aromatic rings. The molecule has 0 saturated carbocycles. The van der Waals surface area contributed by atoms with E-state index in [0.29, 0.717) is 5.57 Å². The minimum atomic E-state index is -3.96. The molecule has 3 nitrogen and oxygen atoms in total. The summed E-state index contributed by atoms with van der Waals surface area (Å²) in [6, 6.07) is 0. The molecule has 0 bridgehead atoms. The molecule has 0 spiro atoms. The predicted molar refractivity (Wildman–Crippen MR) is 40.1 cm³/mol. The number of hydrogen-bond donors (Lipinski definition) is 1. The van der Waals surface area contributed by atoms with Crippen LogP contribution in [0.25, 0.3) is 0 Å². The maximum Gasteiger partial charge on any atom is 0.287 e. The van der Waals surface area contributed by atoms with Gasteiger partial charge in [0, 0.05) is 0 Å². The summed E-state index contributed by atoms with van der Waals surface area (Å²) in [5, 5.41) is 0.799. The number of hydrogen-bond acceptors (Lipinski definition) is 2. The molecule has 1 N–H and O–H groups in total. The lowest BCUT2D eigenvalue weighted by molar-refractivity contribution is 0.494. The molecule has 0 heterocycles. The van der Waals surface area contributed by atoms with Crippen LogP contribution < -0.4 is 0 Å². The topological polar surface area (TPSA) is 54.4 Å². The van der Waals surface area contributed by atoms with Gasteiger partial charge in [-0.1, -0.05) is 12.2 Å². The molecule has 0 atom stereocenters. The Bertz CT molecular complexity index is 246. The molecule has 58 valence electrons. The van der Waals surface area contributed by atoms with Gasteiger partial charge in [-0.3, -0.25) is 4.55 Å². The first-order valence-electron chi connectivity index (χ1n) is 2.74. The first kappa shape index (κ1) is 9.39. The van der Waals surface area contributed by atoms with Gasteiger partial charge < -0.3 is 0 Å². The Labute approximate surface area is 60.8 Å². The monoisotopic (exact) mass is 162 g/mol. The van der Waals surface area contributed by atoms with E-state index in [1.807, 2.05) is 0 Å². The molecular weight excluding hydrogens is 152 g/mol. The lowest BCUT2D eigenvalue weighted by Crippen LogP contribution is -1.90. The highest BCUT2D eigenvalue weighted by atomic mass is 32.2. The summed E-state index contributed by atoms with van der Waals surface area (Å²) < 4.78 is 28.6. The summed E-state index contributed by atoms with van der Waals surface area (Å²) in [7, 11) is -3.96. The highest BCUT2D eigenvalue weighted by Crippen LogP contribution is 1.97. The van der Waals surface area contributed by atoms with Crippen molar-refractivity contribution in [2.24, 2.45) is 0 Å². The molecule has 0 aromatic carbocycles. The first-order chi connectivity index (χ1) is 4.45. The van der Waals surface area contributed by atoms with Gasteiger partial charge in [0.25, 0.3) is 10.1 Å². The van der Waals surface area contributed by atoms with E-state index in [4.69, 9.17) is 4.55 Å². The average molecular weight is 162 g/mol. The Morgan fingerprint density at radius 2 is 2.00 bits per heavy atom. The van der Waals surface area contributed by atoms with Crippen LogP contribution in [-0.4, -0.2) is 13.0 Å². The third kappa shape index (κ3) is 5.53. The Balaban J connectivity index is 4.49. The molecule has 4 heteroatoms. The fourth-order valence-corrected chi connectivity index (χ4v) is 1.09. The highest BCUT2D eigenvalue weighted by molar-refractivity contribution is 7.88. The zero-order valence-electron chi connectivity index (χ0n) is 5.90. The van der Waals surface area contributed by atoms with Crippen molar-refractivity contribution in [1.82, 2.24) is 0 Å². The lowest BCUT2D eigenvalue weighted by Gasteiger charge is -1.87. The minimum Gasteiger partial charge on any atom is -0.282 e. The van der Waals surface area contributed by atoms with E-state index in [1.54, 1.807) is 26.0 Å². The van der Waals surface area contributed by atoms with Crippen molar-refractivity contribution in [2.45, 2.75) is 13.8 Å². The molecule has 0 aliphatic heterocycles. The lowest BCUT2D eigenvalue weighted by atomic mass is 10.3. The molecule has 0 fully saturated rings. The molecular formula is C6H10O3S. The van der Waals surface area contributed by atoms with Gasteiger partial charge in [0.1, 0.15) is 0 Å². The Hall–Kier alpha value is -0.610. The van der Waals surface area contributed by atoms with Gasteiger partial charge in [-0.25, -0.2) is 0 Å². The van der Waals surface area contributed by atoms with Crippen molar-refractivity contribution in [3.05, 3.63) is 23.1 Å². The van der Waals surface area contributed by atoms with Crippen LogP contribution >= 0.6 is 0 Å². The van der Waals surface area contributed by atoms with E-state index in [0.717, 1.165) is 5.41 Å². The van der Waals surface area contributed by atoms with Crippen LogP contribution in [0.5, 0.6) is 0 Å². The normalized spacial score (nSPS) is 14.5. The third-order valence-electron chi connectivity index (χ3n) is 0.764. The number of rotatable bonds is 2. The van der Waals surface area contributed by atoms with Crippen molar-refractivity contribution in [2.75, 3.05) is 0 Å². The summed E-state index contributed by atoms with van der Waals surface area (Å²) in [5.41, 5.74) is 0.505. The summed E-state index contributed by atoms with van der Waals surface area (Å²) in [5.74, 6) is 0. The standard InChI is InChI=1S/C6H10O3S/c1-3-4-6(2)5-10(7,8)9/h3-5H,1-2H3,(H,7,8,9). The smallest absolute Gasteiger partial charge is 0.282 e. The predicted octanol–water partition coefficient (Wildman–Crippen LogP) is 1.35. The summed E-state index contributed by atoms with van der Waals surface area (Å²) in [6.07, 6.45) is 3.28. The Morgan fingerprint density at radius 3 is 2.30 bits per heavy atom. The molecule has 0 unspecified atom stereocenters. The maximum absolute atomic E-state index is 10.2. The maximum atomic E-state index is 10.2. The fourth-order valence-electron chi connectivity index (χ4n) is 0.537. The van der Waals surface area contributed by atoms with E-state index in [2.05, 4.69) is 0 Å². The van der Waals surface area contributed by atoms with E-state index in [1.165, 1.54) is 0 Å². The average Bonchev–Trinajstić information content (AvgIpc) is 1.59. The fraction of sp³-hybridized carbons (Fsp3) is 0.333. The molecule has 10 heavy (non-hydrogen) atoms. The van der Waals surface area contributed by atoms with Gasteiger partial charge in [0.05, 0.1) is 5.41 Å². The van der Waals surface area contributed by atoms with Crippen molar-refractivity contribution in [3.63, 3.8) is 0 Å². The minimum absolute atomic E-state index is 0.505. The van der Waals surface area contributed by atoms with E-state index in [-0.39, 0.29) is 0 Å². The van der Waals surface area contributed by atoms with E-state index >= 15 is 0 Å². The Kier molecular flexibility index (Phi) is 3.32. The van der Waals surface area contributed by atoms with Crippen molar-refractivity contribution in [1.29, 1.82) is 0 Å². The summed E-state index contributed by atoms with van der Waals surface area (Å²) in [6.45, 7) is 3.36. The molecule has 0 saturated heterocycles. The SMILES string of the molecule is CC=CC(C)=CS(=O)(=O)O. The van der Waals surface area contributed by atoms with Gasteiger partial charge in [-0.2, -0.15) is 8.42 Å². The Morgan fingerprint density at radius 1 is 1.50 bits per heavy atom. The van der Waals surface area contributed by atoms with Crippen LogP contribution in [0.15, 0.2) is 23.1 Å². The van der Waals surface area contributed by atoms with Crippen LogP contribution in [-0.2, 0) is 10.1 Å². The van der Waals surface area contributed by atoms with Crippen LogP contribution in [0, 0.1) is 0 Å². The van der Waals surface area contributed by atoms with Gasteiger partial charge in [-0.15, -0.1) is 0 Å². The van der Waals surface area contributed by atoms with Crippen LogP contribution in [0.2, 0.25) is 0 Å².